The van der Waals surface area contributed by atoms with Crippen LogP contribution in [0.2, 0.25) is 0 Å². The Kier molecular flexibility index (Phi) is 1.25. The van der Waals surface area contributed by atoms with E-state index in [1.807, 2.05) is 0 Å². The highest BCUT2D eigenvalue weighted by Crippen LogP contribution is 2.36. The molecule has 0 spiro atoms. The number of pyridine rings is 1. The van der Waals surface area contributed by atoms with Gasteiger partial charge in [0.1, 0.15) is 0 Å². The van der Waals surface area contributed by atoms with Crippen LogP contribution in [0.1, 0.15) is 70.3 Å². The van der Waals surface area contributed by atoms with Gasteiger partial charge in [-0.1, -0.05) is 26.6 Å². The largest absolute Gasteiger partial charge is 0.514 e. The lowest BCUT2D eigenvalue weighted by atomic mass is 9.82. The fourth-order valence-corrected chi connectivity index (χ4v) is 1.54. The van der Waals surface area contributed by atoms with Crippen molar-refractivity contribution >= 4 is 12.7 Å². The molecule has 0 N–H and O–H groups in total. The van der Waals surface area contributed by atoms with Crippen LogP contribution in [0.25, 0.3) is 0 Å². The van der Waals surface area contributed by atoms with Gasteiger partial charge in [0, 0.05) is 18.5 Å². The van der Waals surface area contributed by atoms with Gasteiger partial charge in [0.2, 0.25) is 0 Å². The molecule has 2 rings (SSSR count). The predicted octanol–water partition coefficient (Wildman–Crippen LogP) is 2.68. The zero-order chi connectivity index (χ0) is 24.6. The van der Waals surface area contributed by atoms with E-state index in [4.69, 9.17) is 25.8 Å². The third kappa shape index (κ3) is 2.70. The monoisotopic (exact) mass is 273 g/mol. The Morgan fingerprint density at radius 3 is 2.26 bits per heavy atom. The molecule has 1 aromatic heterocycles. The molecule has 0 atom stereocenters. The second-order valence-electron chi connectivity index (χ2n) is 5.57. The lowest BCUT2D eigenvalue weighted by Gasteiger charge is -2.32. The van der Waals surface area contributed by atoms with Crippen molar-refractivity contribution in [3.05, 3.63) is 23.8 Å². The van der Waals surface area contributed by atoms with Crippen LogP contribution >= 0.6 is 0 Å². The van der Waals surface area contributed by atoms with Crippen molar-refractivity contribution in [3.63, 3.8) is 0 Å². The van der Waals surface area contributed by atoms with Crippen LogP contribution in [0.4, 0.5) is 0 Å². The summed E-state index contributed by atoms with van der Waals surface area (Å²) in [6.07, 6.45) is -1.05. The molecular formula is C15H24BNO2. The molecule has 1 saturated heterocycles. The molecule has 0 bridgehead atoms. The molecule has 0 amide bonds. The maximum absolute atomic E-state index is 8.33. The maximum atomic E-state index is 8.33. The second kappa shape index (κ2) is 4.32. The van der Waals surface area contributed by atoms with Gasteiger partial charge in [-0.05, 0) is 44.7 Å². The van der Waals surface area contributed by atoms with Gasteiger partial charge in [0.25, 0.3) is 0 Å². The quantitative estimate of drug-likeness (QED) is 0.737. The first-order chi connectivity index (χ1) is 13.5. The van der Waals surface area contributed by atoms with Crippen molar-refractivity contribution in [2.24, 2.45) is 0 Å². The van der Waals surface area contributed by atoms with Gasteiger partial charge in [-0.15, -0.1) is 0 Å². The molecule has 4 heteroatoms. The Morgan fingerprint density at radius 2 is 1.74 bits per heavy atom. The van der Waals surface area contributed by atoms with Gasteiger partial charge >= 0.3 is 7.12 Å². The summed E-state index contributed by atoms with van der Waals surface area (Å²) < 4.78 is 106. The summed E-state index contributed by atoms with van der Waals surface area (Å²) >= 11 is 0. The first-order valence-corrected chi connectivity index (χ1v) is 5.87. The fourth-order valence-electron chi connectivity index (χ4n) is 1.54. The molecule has 0 radical (unpaired) electrons. The smallest absolute Gasteiger partial charge is 0.398 e. The summed E-state index contributed by atoms with van der Waals surface area (Å²) in [6, 6.07) is -1.81. The molecule has 1 fully saturated rings. The lowest BCUT2D eigenvalue weighted by Crippen LogP contribution is -2.41. The zero-order valence-electron chi connectivity index (χ0n) is 23.3. The summed E-state index contributed by atoms with van der Waals surface area (Å²) in [5.41, 5.74) is -6.80. The topological polar surface area (TPSA) is 31.4 Å². The van der Waals surface area contributed by atoms with Crippen LogP contribution in [0.5, 0.6) is 0 Å². The van der Waals surface area contributed by atoms with Crippen LogP contribution in [0.3, 0.4) is 0 Å². The molecule has 0 unspecified atom stereocenters. The molecule has 19 heavy (non-hydrogen) atoms. The van der Waals surface area contributed by atoms with E-state index in [1.54, 1.807) is 27.7 Å². The van der Waals surface area contributed by atoms with E-state index >= 15 is 0 Å². The number of rotatable bonds is 1. The molecule has 0 aromatic carbocycles. The van der Waals surface area contributed by atoms with E-state index < -0.39 is 68.1 Å². The average molecular weight is 273 g/mol. The van der Waals surface area contributed by atoms with Crippen molar-refractivity contribution in [1.29, 1.82) is 0 Å². The van der Waals surface area contributed by atoms with Gasteiger partial charge < -0.3 is 9.31 Å². The summed E-state index contributed by atoms with van der Waals surface area (Å²) in [5.74, 6) is 0. The van der Waals surface area contributed by atoms with Crippen molar-refractivity contribution in [3.8, 4) is 0 Å². The Labute approximate surface area is 133 Å². The van der Waals surface area contributed by atoms with Crippen molar-refractivity contribution in [2.75, 3.05) is 0 Å². The maximum Gasteiger partial charge on any atom is 0.514 e. The van der Waals surface area contributed by atoms with Crippen molar-refractivity contribution in [2.45, 2.75) is 64.9 Å². The Morgan fingerprint density at radius 1 is 1.16 bits per heavy atom. The minimum atomic E-state index is -3.67. The van der Waals surface area contributed by atoms with Gasteiger partial charge in [-0.3, -0.25) is 4.98 Å². The molecular weight excluding hydrogens is 237 g/mol. The minimum absolute atomic E-state index is 0.340. The molecule has 3 nitrogen and oxygen atoms in total. The van der Waals surface area contributed by atoms with Crippen LogP contribution in [0, 0.1) is 0 Å². The molecule has 2 heterocycles. The molecule has 1 aromatic rings. The molecule has 1 aliphatic rings. The first-order valence-electron chi connectivity index (χ1n) is 11.9. The second-order valence-corrected chi connectivity index (χ2v) is 5.57. The van der Waals surface area contributed by atoms with E-state index in [0.29, 0.717) is 0 Å². The first kappa shape index (κ1) is 5.49. The van der Waals surface area contributed by atoms with E-state index in [1.165, 1.54) is 0 Å². The number of hydrogen-bond acceptors (Lipinski definition) is 3. The number of nitrogens with zero attached hydrogens (tertiary/aromatic N) is 1. The highest BCUT2D eigenvalue weighted by atomic mass is 16.7. The molecule has 0 saturated carbocycles. The normalized spacial score (nSPS) is 32.9. The van der Waals surface area contributed by atoms with E-state index in [0.717, 1.165) is 0 Å². The summed E-state index contributed by atoms with van der Waals surface area (Å²) in [6.45, 7) is -4.14. The van der Waals surface area contributed by atoms with Crippen molar-refractivity contribution < 1.29 is 25.8 Å². The van der Waals surface area contributed by atoms with E-state index in [9.17, 15) is 0 Å². The third-order valence-corrected chi connectivity index (χ3v) is 3.46. The Balaban J connectivity index is 2.87. The summed E-state index contributed by atoms with van der Waals surface area (Å²) in [4.78, 5) is 3.81. The Hall–Kier alpha value is -0.865. The summed E-state index contributed by atoms with van der Waals surface area (Å²) in [7, 11) is -1.29. The number of aromatic nitrogens is 1. The zero-order valence-corrected chi connectivity index (χ0v) is 11.3. The fraction of sp³-hybridized carbons (Fsp3) is 0.667. The molecule has 104 valence electrons. The van der Waals surface area contributed by atoms with Crippen LogP contribution in [0.15, 0.2) is 18.3 Å². The van der Waals surface area contributed by atoms with Gasteiger partial charge in [0.05, 0.1) is 20.9 Å². The van der Waals surface area contributed by atoms with Crippen LogP contribution in [-0.4, -0.2) is 23.3 Å². The highest BCUT2D eigenvalue weighted by molar-refractivity contribution is 6.61. The SMILES string of the molecule is [2H]c1nc(B2OC(C)(C)C(C)(C)O2)c([2H])c([2H])c1C(C([2H])([2H])[2H])(C([2H])([2H])[2H])C([2H])([2H])[2H]. The number of hydrogen-bond donors (Lipinski definition) is 0. The Bertz CT molecular complexity index is 823. The molecule has 1 aliphatic heterocycles. The van der Waals surface area contributed by atoms with Crippen molar-refractivity contribution in [1.82, 2.24) is 4.98 Å². The van der Waals surface area contributed by atoms with Gasteiger partial charge in [-0.2, -0.15) is 0 Å². The standard InChI is InChI=1S/C15H24BNO2/c1-13(2,3)11-8-9-12(17-10-11)16-18-14(4,5)15(6,7)19-16/h8-10H,1-7H3/i1D3,2D3,3D3,8D,9D,10D. The third-order valence-electron chi connectivity index (χ3n) is 3.46. The predicted molar refractivity (Wildman–Crippen MR) is 78.7 cm³/mol. The average Bonchev–Trinajstić information content (AvgIpc) is 2.71. The summed E-state index contributed by atoms with van der Waals surface area (Å²) in [5, 5.41) is 0. The minimum Gasteiger partial charge on any atom is -0.398 e. The van der Waals surface area contributed by atoms with Gasteiger partial charge in [0.15, 0.2) is 0 Å². The molecule has 0 aliphatic carbocycles. The van der Waals surface area contributed by atoms with E-state index in [2.05, 4.69) is 4.98 Å². The van der Waals surface area contributed by atoms with Gasteiger partial charge in [-0.25, -0.2) is 0 Å². The van der Waals surface area contributed by atoms with E-state index in [-0.39, 0.29) is 5.59 Å². The lowest BCUT2D eigenvalue weighted by molar-refractivity contribution is 0.00578. The van der Waals surface area contributed by atoms with Crippen LogP contribution < -0.4 is 5.59 Å². The van der Waals surface area contributed by atoms with Crippen LogP contribution in [-0.2, 0) is 14.7 Å². The highest BCUT2D eigenvalue weighted by Gasteiger charge is 2.52.